The number of aromatic nitrogens is 2. The predicted molar refractivity (Wildman–Crippen MR) is 130 cm³/mol. The molecule has 1 N–H and O–H groups in total. The Morgan fingerprint density at radius 1 is 1.15 bits per heavy atom. The first kappa shape index (κ1) is 23.7. The van der Waals surface area contributed by atoms with Gasteiger partial charge in [-0.05, 0) is 48.9 Å². The van der Waals surface area contributed by atoms with Gasteiger partial charge in [0.15, 0.2) is 15.4 Å². The summed E-state index contributed by atoms with van der Waals surface area (Å²) in [6, 6.07) is 14.1. The van der Waals surface area contributed by atoms with Gasteiger partial charge in [-0.1, -0.05) is 30.7 Å². The highest BCUT2D eigenvalue weighted by Gasteiger charge is 2.19. The molecule has 1 atom stereocenters. The summed E-state index contributed by atoms with van der Waals surface area (Å²) >= 11 is 6.05. The quantitative estimate of drug-likeness (QED) is 0.407. The molecule has 2 heterocycles. The lowest BCUT2D eigenvalue weighted by atomic mass is 10.1. The van der Waals surface area contributed by atoms with Gasteiger partial charge in [-0.25, -0.2) is 13.2 Å². The van der Waals surface area contributed by atoms with Crippen LogP contribution < -0.4 is 11.1 Å². The number of sulfone groups is 1. The molecule has 0 aliphatic carbocycles. The van der Waals surface area contributed by atoms with E-state index in [4.69, 9.17) is 16.0 Å². The summed E-state index contributed by atoms with van der Waals surface area (Å²) in [5.41, 5.74) is 2.65. The van der Waals surface area contributed by atoms with E-state index < -0.39 is 21.6 Å². The number of hydrogen-bond donors (Lipinski definition) is 1. The van der Waals surface area contributed by atoms with E-state index in [1.165, 1.54) is 16.7 Å². The number of nitrogens with zero attached hydrogens (tertiary/aromatic N) is 2. The van der Waals surface area contributed by atoms with Crippen molar-refractivity contribution >= 4 is 44.1 Å². The molecule has 4 rings (SSSR count). The fraction of sp³-hybridized carbons (Fsp3) is 0.208. The topological polar surface area (TPSA) is 111 Å². The minimum atomic E-state index is -3.29. The molecule has 0 spiro atoms. The van der Waals surface area contributed by atoms with Crippen LogP contribution >= 0.6 is 11.6 Å². The molecule has 10 heteroatoms. The van der Waals surface area contributed by atoms with Crippen LogP contribution in [0.15, 0.2) is 74.9 Å². The lowest BCUT2D eigenvalue weighted by Crippen LogP contribution is -2.20. The fourth-order valence-electron chi connectivity index (χ4n) is 3.63. The van der Waals surface area contributed by atoms with Crippen LogP contribution in [0.3, 0.4) is 0 Å². The molecule has 0 saturated carbocycles. The van der Waals surface area contributed by atoms with Crippen LogP contribution in [-0.2, 0) is 21.1 Å². The largest absolute Gasteiger partial charge is 0.420 e. The van der Waals surface area contributed by atoms with Crippen molar-refractivity contribution in [2.75, 3.05) is 11.1 Å². The van der Waals surface area contributed by atoms with E-state index in [9.17, 15) is 18.0 Å². The number of carbonyl (C=O) groups is 1. The highest BCUT2D eigenvalue weighted by Crippen LogP contribution is 2.25. The van der Waals surface area contributed by atoms with E-state index in [2.05, 4.69) is 10.3 Å². The van der Waals surface area contributed by atoms with Crippen molar-refractivity contribution in [1.29, 1.82) is 0 Å². The molecule has 34 heavy (non-hydrogen) atoms. The van der Waals surface area contributed by atoms with Gasteiger partial charge in [0.05, 0.1) is 34.3 Å². The third-order valence-electron chi connectivity index (χ3n) is 5.48. The Kier molecular flexibility index (Phi) is 6.58. The number of benzene rings is 2. The second kappa shape index (κ2) is 9.44. The maximum absolute atomic E-state index is 12.5. The fourth-order valence-corrected chi connectivity index (χ4v) is 4.69. The number of rotatable bonds is 7. The van der Waals surface area contributed by atoms with Gasteiger partial charge in [0.25, 0.3) is 0 Å². The van der Waals surface area contributed by atoms with Gasteiger partial charge in [-0.3, -0.25) is 14.3 Å². The maximum Gasteiger partial charge on any atom is 0.420 e. The zero-order valence-corrected chi connectivity index (χ0v) is 20.1. The molecular formula is C24H22ClN3O5S. The Balaban J connectivity index is 1.51. The van der Waals surface area contributed by atoms with Gasteiger partial charge in [0, 0.05) is 23.0 Å². The first-order valence-electron chi connectivity index (χ1n) is 10.6. The molecule has 2 aromatic heterocycles. The van der Waals surface area contributed by atoms with Crippen molar-refractivity contribution in [3.63, 3.8) is 0 Å². The van der Waals surface area contributed by atoms with Crippen LogP contribution in [0.25, 0.3) is 11.1 Å². The lowest BCUT2D eigenvalue weighted by Gasteiger charge is -2.12. The van der Waals surface area contributed by atoms with Gasteiger partial charge in [0.1, 0.15) is 0 Å². The van der Waals surface area contributed by atoms with Gasteiger partial charge >= 0.3 is 5.76 Å². The number of oxazole rings is 1. The lowest BCUT2D eigenvalue weighted by molar-refractivity contribution is -0.115. The third-order valence-corrected chi connectivity index (χ3v) is 7.47. The molecule has 0 fully saturated rings. The molecular weight excluding hydrogens is 478 g/mol. The second-order valence-electron chi connectivity index (χ2n) is 7.77. The first-order valence-corrected chi connectivity index (χ1v) is 12.6. The van der Waals surface area contributed by atoms with Crippen molar-refractivity contribution in [2.24, 2.45) is 0 Å². The summed E-state index contributed by atoms with van der Waals surface area (Å²) in [6.45, 7) is 3.40. The number of anilines is 1. The Morgan fingerprint density at radius 2 is 1.88 bits per heavy atom. The summed E-state index contributed by atoms with van der Waals surface area (Å²) in [5.74, 6) is -0.819. The normalized spacial score (nSPS) is 12.6. The molecule has 0 bridgehead atoms. The van der Waals surface area contributed by atoms with E-state index in [0.29, 0.717) is 33.1 Å². The van der Waals surface area contributed by atoms with Crippen LogP contribution in [0.2, 0.25) is 5.02 Å². The van der Waals surface area contributed by atoms with Crippen molar-refractivity contribution in [2.45, 2.75) is 31.2 Å². The molecule has 0 radical (unpaired) electrons. The molecule has 0 aliphatic heterocycles. The standard InChI is InChI=1S/C24H22ClN3O5S/c1-3-34(31,32)19-7-4-16(5-8-19)12-23(29)27-18-6-9-21-22(14-18)33-24(30)28(21)15(2)20-13-17(25)10-11-26-20/h4-11,13-15H,3,12H2,1-2H3,(H,27,29). The predicted octanol–water partition coefficient (Wildman–Crippen LogP) is 4.23. The minimum Gasteiger partial charge on any atom is -0.408 e. The Morgan fingerprint density at radius 3 is 2.56 bits per heavy atom. The van der Waals surface area contributed by atoms with Crippen LogP contribution in [0.4, 0.5) is 5.69 Å². The molecule has 1 amide bonds. The SMILES string of the molecule is CCS(=O)(=O)c1ccc(CC(=O)Nc2ccc3c(c2)oc(=O)n3C(C)c2cc(Cl)ccn2)cc1. The number of hydrogen-bond acceptors (Lipinski definition) is 6. The van der Waals surface area contributed by atoms with E-state index in [-0.39, 0.29) is 23.0 Å². The monoisotopic (exact) mass is 499 g/mol. The highest BCUT2D eigenvalue weighted by molar-refractivity contribution is 7.91. The molecule has 0 saturated heterocycles. The van der Waals surface area contributed by atoms with E-state index in [1.54, 1.807) is 55.6 Å². The summed E-state index contributed by atoms with van der Waals surface area (Å²) < 4.78 is 30.7. The number of halogens is 1. The van der Waals surface area contributed by atoms with Crippen molar-refractivity contribution in [3.05, 3.63) is 87.6 Å². The minimum absolute atomic E-state index is 0.0154. The number of pyridine rings is 1. The average molecular weight is 500 g/mol. The summed E-state index contributed by atoms with van der Waals surface area (Å²) in [7, 11) is -3.29. The smallest absolute Gasteiger partial charge is 0.408 e. The first-order chi connectivity index (χ1) is 16.2. The Labute approximate surface area is 201 Å². The Bertz CT molecular complexity index is 1520. The van der Waals surface area contributed by atoms with Crippen LogP contribution in [0.1, 0.15) is 31.1 Å². The number of amides is 1. The van der Waals surface area contributed by atoms with Crippen LogP contribution in [0, 0.1) is 0 Å². The van der Waals surface area contributed by atoms with Crippen molar-refractivity contribution in [3.8, 4) is 0 Å². The average Bonchev–Trinajstić information content (AvgIpc) is 3.13. The van der Waals surface area contributed by atoms with E-state index in [1.807, 2.05) is 6.92 Å². The highest BCUT2D eigenvalue weighted by atomic mass is 35.5. The van der Waals surface area contributed by atoms with Crippen molar-refractivity contribution in [1.82, 2.24) is 9.55 Å². The second-order valence-corrected chi connectivity index (χ2v) is 10.5. The van der Waals surface area contributed by atoms with E-state index >= 15 is 0 Å². The third kappa shape index (κ3) is 4.90. The molecule has 0 aliphatic rings. The van der Waals surface area contributed by atoms with Gasteiger partial charge < -0.3 is 9.73 Å². The molecule has 176 valence electrons. The van der Waals surface area contributed by atoms with Crippen LogP contribution in [0.5, 0.6) is 0 Å². The molecule has 1 unspecified atom stereocenters. The summed E-state index contributed by atoms with van der Waals surface area (Å²) in [6.07, 6.45) is 1.64. The maximum atomic E-state index is 12.5. The molecule has 8 nitrogen and oxygen atoms in total. The molecule has 2 aromatic carbocycles. The van der Waals surface area contributed by atoms with Crippen molar-refractivity contribution < 1.29 is 17.6 Å². The van der Waals surface area contributed by atoms with Gasteiger partial charge in [0.2, 0.25) is 5.91 Å². The summed E-state index contributed by atoms with van der Waals surface area (Å²) in [5, 5.41) is 3.30. The number of nitrogens with one attached hydrogen (secondary N) is 1. The van der Waals surface area contributed by atoms with E-state index in [0.717, 1.165) is 0 Å². The van der Waals surface area contributed by atoms with Gasteiger partial charge in [-0.2, -0.15) is 0 Å². The zero-order chi connectivity index (χ0) is 24.5. The van der Waals surface area contributed by atoms with Crippen LogP contribution in [-0.4, -0.2) is 29.6 Å². The number of carbonyl (C=O) groups excluding carboxylic acids is 1. The Hall–Kier alpha value is -3.43. The zero-order valence-electron chi connectivity index (χ0n) is 18.5. The van der Waals surface area contributed by atoms with Gasteiger partial charge in [-0.15, -0.1) is 0 Å². The summed E-state index contributed by atoms with van der Waals surface area (Å²) in [4.78, 5) is 29.6. The molecule has 4 aromatic rings. The number of fused-ring (bicyclic) bond motifs is 1.